The molecule has 6 heteroatoms. The molecule has 2 aromatic rings. The summed E-state index contributed by atoms with van der Waals surface area (Å²) in [6.07, 6.45) is 2.28. The van der Waals surface area contributed by atoms with Gasteiger partial charge >= 0.3 is 0 Å². The van der Waals surface area contributed by atoms with E-state index in [0.717, 1.165) is 35.7 Å². The lowest BCUT2D eigenvalue weighted by molar-refractivity contribution is -0.118. The summed E-state index contributed by atoms with van der Waals surface area (Å²) in [4.78, 5) is 20.5. The van der Waals surface area contributed by atoms with E-state index in [9.17, 15) is 4.79 Å². The van der Waals surface area contributed by atoms with Gasteiger partial charge in [0.1, 0.15) is 16.8 Å². The number of hydrogen-bond donors (Lipinski definition) is 2. The summed E-state index contributed by atoms with van der Waals surface area (Å²) in [6, 6.07) is 9.51. The standard InChI is InChI=1S/C18H21ClN4O/c1-11(2)18(24)21-14-7-3-12(4-8-14)10-20-16-9-15(19)22-17(23-16)13-5-6-13/h3-4,7-9,11,13H,5-6,10H2,1-2H3,(H,21,24)(H,20,22,23). The van der Waals surface area contributed by atoms with E-state index >= 15 is 0 Å². The molecule has 0 bridgehead atoms. The van der Waals surface area contributed by atoms with Gasteiger partial charge in [0, 0.05) is 30.1 Å². The molecule has 3 rings (SSSR count). The van der Waals surface area contributed by atoms with Crippen LogP contribution in [0.3, 0.4) is 0 Å². The Morgan fingerprint density at radius 2 is 1.96 bits per heavy atom. The predicted molar refractivity (Wildman–Crippen MR) is 96.3 cm³/mol. The van der Waals surface area contributed by atoms with Crippen LogP contribution in [0, 0.1) is 5.92 Å². The highest BCUT2D eigenvalue weighted by molar-refractivity contribution is 6.29. The Hall–Kier alpha value is -2.14. The van der Waals surface area contributed by atoms with E-state index in [-0.39, 0.29) is 11.8 Å². The number of anilines is 2. The summed E-state index contributed by atoms with van der Waals surface area (Å²) < 4.78 is 0. The molecule has 1 aromatic heterocycles. The zero-order chi connectivity index (χ0) is 17.1. The topological polar surface area (TPSA) is 66.9 Å². The van der Waals surface area contributed by atoms with Crippen LogP contribution in [-0.2, 0) is 11.3 Å². The van der Waals surface area contributed by atoms with Crippen molar-refractivity contribution in [3.8, 4) is 0 Å². The monoisotopic (exact) mass is 344 g/mol. The molecule has 1 aromatic carbocycles. The molecule has 0 radical (unpaired) electrons. The fraction of sp³-hybridized carbons (Fsp3) is 0.389. The molecule has 1 fully saturated rings. The second kappa shape index (κ2) is 7.18. The zero-order valence-corrected chi connectivity index (χ0v) is 14.6. The summed E-state index contributed by atoms with van der Waals surface area (Å²) in [7, 11) is 0. The first kappa shape index (κ1) is 16.7. The van der Waals surface area contributed by atoms with Crippen molar-refractivity contribution in [2.45, 2.75) is 39.2 Å². The van der Waals surface area contributed by atoms with Crippen LogP contribution in [0.4, 0.5) is 11.5 Å². The number of hydrogen-bond acceptors (Lipinski definition) is 4. The van der Waals surface area contributed by atoms with Crippen molar-refractivity contribution in [1.29, 1.82) is 0 Å². The molecule has 24 heavy (non-hydrogen) atoms. The van der Waals surface area contributed by atoms with Crippen molar-refractivity contribution in [1.82, 2.24) is 9.97 Å². The van der Waals surface area contributed by atoms with Crippen LogP contribution in [0.5, 0.6) is 0 Å². The number of amides is 1. The van der Waals surface area contributed by atoms with Gasteiger partial charge in [-0.3, -0.25) is 4.79 Å². The average Bonchev–Trinajstić information content (AvgIpc) is 3.38. The van der Waals surface area contributed by atoms with Crippen LogP contribution in [0.1, 0.15) is 44.0 Å². The molecule has 0 saturated heterocycles. The summed E-state index contributed by atoms with van der Waals surface area (Å²) in [5.74, 6) is 2.03. The molecule has 5 nitrogen and oxygen atoms in total. The first-order valence-corrected chi connectivity index (χ1v) is 8.57. The first-order valence-electron chi connectivity index (χ1n) is 8.19. The van der Waals surface area contributed by atoms with Gasteiger partial charge < -0.3 is 10.6 Å². The van der Waals surface area contributed by atoms with E-state index in [4.69, 9.17) is 11.6 Å². The van der Waals surface area contributed by atoms with Crippen LogP contribution >= 0.6 is 11.6 Å². The Morgan fingerprint density at radius 3 is 2.58 bits per heavy atom. The predicted octanol–water partition coefficient (Wildman–Crippen LogP) is 4.21. The number of nitrogens with zero attached hydrogens (tertiary/aromatic N) is 2. The Bertz CT molecular complexity index is 726. The molecular weight excluding hydrogens is 324 g/mol. The van der Waals surface area contributed by atoms with Gasteiger partial charge in [0.05, 0.1) is 0 Å². The first-order chi connectivity index (χ1) is 11.5. The third kappa shape index (κ3) is 4.45. The Balaban J connectivity index is 1.59. The van der Waals surface area contributed by atoms with Crippen molar-refractivity contribution < 1.29 is 4.79 Å². The molecule has 1 heterocycles. The molecule has 1 amide bonds. The normalized spacial score (nSPS) is 13.8. The molecule has 0 spiro atoms. The molecule has 2 N–H and O–H groups in total. The van der Waals surface area contributed by atoms with Crippen molar-refractivity contribution in [3.63, 3.8) is 0 Å². The van der Waals surface area contributed by atoms with Gasteiger partial charge in [0.2, 0.25) is 5.91 Å². The van der Waals surface area contributed by atoms with Gasteiger partial charge in [-0.1, -0.05) is 37.6 Å². The lowest BCUT2D eigenvalue weighted by Gasteiger charge is -2.10. The number of aromatic nitrogens is 2. The Labute approximate surface area is 146 Å². The molecule has 1 aliphatic carbocycles. The highest BCUT2D eigenvalue weighted by Crippen LogP contribution is 2.38. The molecule has 0 unspecified atom stereocenters. The fourth-order valence-electron chi connectivity index (χ4n) is 2.24. The number of nitrogens with one attached hydrogen (secondary N) is 2. The summed E-state index contributed by atoms with van der Waals surface area (Å²) in [5.41, 5.74) is 1.90. The van der Waals surface area contributed by atoms with E-state index in [0.29, 0.717) is 17.6 Å². The van der Waals surface area contributed by atoms with Crippen molar-refractivity contribution in [3.05, 3.63) is 46.9 Å². The average molecular weight is 345 g/mol. The van der Waals surface area contributed by atoms with E-state index in [1.165, 1.54) is 0 Å². The Kier molecular flexibility index (Phi) is 5.00. The lowest BCUT2D eigenvalue weighted by Crippen LogP contribution is -2.17. The van der Waals surface area contributed by atoms with Gasteiger partial charge in [-0.2, -0.15) is 0 Å². The quantitative estimate of drug-likeness (QED) is 0.770. The SMILES string of the molecule is CC(C)C(=O)Nc1ccc(CNc2cc(Cl)nc(C3CC3)n2)cc1. The molecule has 0 aliphatic heterocycles. The van der Waals surface area contributed by atoms with E-state index < -0.39 is 0 Å². The molecule has 0 atom stereocenters. The molecule has 1 aliphatic rings. The van der Waals surface area contributed by atoms with Gasteiger partial charge in [-0.25, -0.2) is 9.97 Å². The largest absolute Gasteiger partial charge is 0.366 e. The molecule has 126 valence electrons. The fourth-order valence-corrected chi connectivity index (χ4v) is 2.42. The lowest BCUT2D eigenvalue weighted by atomic mass is 10.1. The second-order valence-corrected chi connectivity index (χ2v) is 6.79. The van der Waals surface area contributed by atoms with Crippen LogP contribution in [-0.4, -0.2) is 15.9 Å². The number of rotatable bonds is 6. The number of carbonyl (C=O) groups is 1. The van der Waals surface area contributed by atoms with E-state index in [1.807, 2.05) is 38.1 Å². The second-order valence-electron chi connectivity index (χ2n) is 6.40. The maximum absolute atomic E-state index is 11.7. The zero-order valence-electron chi connectivity index (χ0n) is 13.8. The maximum Gasteiger partial charge on any atom is 0.226 e. The number of halogens is 1. The number of carbonyl (C=O) groups excluding carboxylic acids is 1. The summed E-state index contributed by atoms with van der Waals surface area (Å²) in [6.45, 7) is 4.38. The smallest absolute Gasteiger partial charge is 0.226 e. The molecule has 1 saturated carbocycles. The maximum atomic E-state index is 11.7. The summed E-state index contributed by atoms with van der Waals surface area (Å²) >= 11 is 6.07. The van der Waals surface area contributed by atoms with Crippen LogP contribution in [0.25, 0.3) is 0 Å². The van der Waals surface area contributed by atoms with Crippen molar-refractivity contribution in [2.75, 3.05) is 10.6 Å². The number of benzene rings is 1. The van der Waals surface area contributed by atoms with Crippen LogP contribution in [0.15, 0.2) is 30.3 Å². The minimum absolute atomic E-state index is 0.0177. The molecular formula is C18H21ClN4O. The van der Waals surface area contributed by atoms with E-state index in [2.05, 4.69) is 20.6 Å². The Morgan fingerprint density at radius 1 is 1.25 bits per heavy atom. The third-order valence-electron chi connectivity index (χ3n) is 3.87. The third-order valence-corrected chi connectivity index (χ3v) is 4.07. The minimum atomic E-state index is -0.0329. The van der Waals surface area contributed by atoms with Gasteiger partial charge in [0.15, 0.2) is 0 Å². The van der Waals surface area contributed by atoms with Gasteiger partial charge in [0.25, 0.3) is 0 Å². The van der Waals surface area contributed by atoms with Gasteiger partial charge in [-0.15, -0.1) is 0 Å². The van der Waals surface area contributed by atoms with Crippen molar-refractivity contribution in [2.24, 2.45) is 5.92 Å². The highest BCUT2D eigenvalue weighted by Gasteiger charge is 2.27. The van der Waals surface area contributed by atoms with Crippen LogP contribution in [0.2, 0.25) is 5.15 Å². The van der Waals surface area contributed by atoms with Crippen molar-refractivity contribution >= 4 is 29.0 Å². The summed E-state index contributed by atoms with van der Waals surface area (Å²) in [5, 5.41) is 6.63. The highest BCUT2D eigenvalue weighted by atomic mass is 35.5. The van der Waals surface area contributed by atoms with Gasteiger partial charge in [-0.05, 0) is 30.5 Å². The minimum Gasteiger partial charge on any atom is -0.366 e. The van der Waals surface area contributed by atoms with E-state index in [1.54, 1.807) is 6.07 Å². The van der Waals surface area contributed by atoms with Crippen LogP contribution < -0.4 is 10.6 Å².